The van der Waals surface area contributed by atoms with Crippen LogP contribution in [-0.2, 0) is 17.6 Å². The number of halogens is 2. The SMILES string of the molecule is Cc1cc(OCc2nn(C(c3ccccc3)(c3ccccc3)c3ccccc3)c3nc(F)ccc23)c(C(C)(C)C)cc1Cl. The van der Waals surface area contributed by atoms with Gasteiger partial charge in [0, 0.05) is 16.0 Å². The van der Waals surface area contributed by atoms with Gasteiger partial charge in [-0.05, 0) is 58.9 Å². The predicted octanol–water partition coefficient (Wildman–Crippen LogP) is 9.25. The molecule has 2 aromatic heterocycles. The van der Waals surface area contributed by atoms with Crippen molar-refractivity contribution in [2.45, 2.75) is 45.3 Å². The van der Waals surface area contributed by atoms with Crippen LogP contribution >= 0.6 is 11.6 Å². The first-order valence-corrected chi connectivity index (χ1v) is 14.7. The molecule has 6 heteroatoms. The number of pyridine rings is 1. The van der Waals surface area contributed by atoms with E-state index in [1.165, 1.54) is 6.07 Å². The lowest BCUT2D eigenvalue weighted by atomic mass is 9.77. The van der Waals surface area contributed by atoms with Gasteiger partial charge in [-0.1, -0.05) is 123 Å². The van der Waals surface area contributed by atoms with E-state index in [0.29, 0.717) is 16.4 Å². The summed E-state index contributed by atoms with van der Waals surface area (Å²) in [6, 6.07) is 37.6. The van der Waals surface area contributed by atoms with Crippen molar-refractivity contribution in [3.05, 3.63) is 160 Å². The van der Waals surface area contributed by atoms with Crippen molar-refractivity contribution in [1.29, 1.82) is 0 Å². The minimum absolute atomic E-state index is 0.162. The third-order valence-corrected chi connectivity index (χ3v) is 8.31. The van der Waals surface area contributed by atoms with Crippen LogP contribution < -0.4 is 4.74 Å². The maximum atomic E-state index is 14.9. The summed E-state index contributed by atoms with van der Waals surface area (Å²) in [5.41, 5.74) is 4.79. The number of ether oxygens (including phenoxy) is 1. The maximum Gasteiger partial charge on any atom is 0.214 e. The molecule has 6 rings (SSSR count). The van der Waals surface area contributed by atoms with E-state index >= 15 is 0 Å². The fourth-order valence-electron chi connectivity index (χ4n) is 5.79. The molecule has 0 radical (unpaired) electrons. The van der Waals surface area contributed by atoms with E-state index in [9.17, 15) is 4.39 Å². The molecule has 0 saturated carbocycles. The van der Waals surface area contributed by atoms with Crippen LogP contribution in [0.4, 0.5) is 4.39 Å². The summed E-state index contributed by atoms with van der Waals surface area (Å²) in [5, 5.41) is 6.63. The Morgan fingerprint density at radius 3 is 1.81 bits per heavy atom. The quantitative estimate of drug-likeness (QED) is 0.138. The minimum Gasteiger partial charge on any atom is -0.487 e. The van der Waals surface area contributed by atoms with Gasteiger partial charge in [-0.2, -0.15) is 14.5 Å². The zero-order valence-electron chi connectivity index (χ0n) is 24.7. The molecule has 43 heavy (non-hydrogen) atoms. The number of hydrogen-bond acceptors (Lipinski definition) is 3. The molecule has 216 valence electrons. The Kier molecular flexibility index (Phi) is 7.53. The molecule has 0 unspecified atom stereocenters. The molecule has 0 fully saturated rings. The molecule has 2 heterocycles. The van der Waals surface area contributed by atoms with Crippen molar-refractivity contribution in [3.8, 4) is 5.75 Å². The molecule has 6 aromatic rings. The van der Waals surface area contributed by atoms with Crippen molar-refractivity contribution in [3.63, 3.8) is 0 Å². The molecule has 4 aromatic carbocycles. The second-order valence-corrected chi connectivity index (χ2v) is 12.2. The number of aromatic nitrogens is 3. The Bertz CT molecular complexity index is 1780. The van der Waals surface area contributed by atoms with Gasteiger partial charge in [-0.25, -0.2) is 4.68 Å². The van der Waals surface area contributed by atoms with Crippen LogP contribution in [0.25, 0.3) is 11.0 Å². The van der Waals surface area contributed by atoms with Gasteiger partial charge in [0.15, 0.2) is 5.65 Å². The van der Waals surface area contributed by atoms with Crippen molar-refractivity contribution >= 4 is 22.6 Å². The highest BCUT2D eigenvalue weighted by atomic mass is 35.5. The zero-order chi connectivity index (χ0) is 30.2. The van der Waals surface area contributed by atoms with Crippen LogP contribution in [0.1, 0.15) is 54.3 Å². The van der Waals surface area contributed by atoms with Crippen LogP contribution in [0.2, 0.25) is 5.02 Å². The fraction of sp³-hybridized carbons (Fsp3) is 0.189. The summed E-state index contributed by atoms with van der Waals surface area (Å²) in [7, 11) is 0. The van der Waals surface area contributed by atoms with Crippen molar-refractivity contribution in [1.82, 2.24) is 14.8 Å². The topological polar surface area (TPSA) is 39.9 Å². The molecule has 0 aliphatic heterocycles. The van der Waals surface area contributed by atoms with Crippen LogP contribution in [0.3, 0.4) is 0 Å². The fourth-order valence-corrected chi connectivity index (χ4v) is 5.95. The molecule has 0 bridgehead atoms. The van der Waals surface area contributed by atoms with Gasteiger partial charge in [0.1, 0.15) is 23.6 Å². The van der Waals surface area contributed by atoms with E-state index in [4.69, 9.17) is 21.4 Å². The molecular formula is C37H33ClFN3O. The van der Waals surface area contributed by atoms with E-state index in [1.54, 1.807) is 6.07 Å². The van der Waals surface area contributed by atoms with Gasteiger partial charge >= 0.3 is 0 Å². The van der Waals surface area contributed by atoms with E-state index in [-0.39, 0.29) is 12.0 Å². The lowest BCUT2D eigenvalue weighted by Crippen LogP contribution is -2.39. The zero-order valence-corrected chi connectivity index (χ0v) is 25.4. The smallest absolute Gasteiger partial charge is 0.214 e. The summed E-state index contributed by atoms with van der Waals surface area (Å²) in [5.74, 6) is 0.167. The molecule has 0 aliphatic rings. The number of rotatable bonds is 7. The second-order valence-electron chi connectivity index (χ2n) is 11.8. The first kappa shape index (κ1) is 28.6. The molecule has 0 atom stereocenters. The molecule has 0 spiro atoms. The number of benzene rings is 4. The number of aryl methyl sites for hydroxylation is 1. The molecular weight excluding hydrogens is 557 g/mol. The average Bonchev–Trinajstić information content (AvgIpc) is 3.36. The van der Waals surface area contributed by atoms with Crippen LogP contribution in [-0.4, -0.2) is 14.8 Å². The first-order chi connectivity index (χ1) is 20.7. The van der Waals surface area contributed by atoms with Crippen molar-refractivity contribution < 1.29 is 9.13 Å². The lowest BCUT2D eigenvalue weighted by molar-refractivity contribution is 0.290. The summed E-state index contributed by atoms with van der Waals surface area (Å²) >= 11 is 6.52. The highest BCUT2D eigenvalue weighted by Gasteiger charge is 2.41. The molecule has 4 nitrogen and oxygen atoms in total. The van der Waals surface area contributed by atoms with E-state index in [1.807, 2.05) is 78.3 Å². The van der Waals surface area contributed by atoms with Gasteiger partial charge in [-0.3, -0.25) is 0 Å². The second kappa shape index (κ2) is 11.3. The van der Waals surface area contributed by atoms with Crippen molar-refractivity contribution in [2.24, 2.45) is 0 Å². The number of nitrogens with zero attached hydrogens (tertiary/aromatic N) is 3. The van der Waals surface area contributed by atoms with Gasteiger partial charge < -0.3 is 4.74 Å². The molecule has 0 N–H and O–H groups in total. The summed E-state index contributed by atoms with van der Waals surface area (Å²) in [6.45, 7) is 8.52. The monoisotopic (exact) mass is 589 g/mol. The molecule has 0 aliphatic carbocycles. The van der Waals surface area contributed by atoms with Crippen LogP contribution in [0.15, 0.2) is 115 Å². The van der Waals surface area contributed by atoms with E-state index in [0.717, 1.165) is 39.0 Å². The lowest BCUT2D eigenvalue weighted by Gasteiger charge is -2.36. The third kappa shape index (κ3) is 5.19. The Morgan fingerprint density at radius 2 is 1.30 bits per heavy atom. The average molecular weight is 590 g/mol. The maximum absolute atomic E-state index is 14.9. The third-order valence-electron chi connectivity index (χ3n) is 7.90. The summed E-state index contributed by atoms with van der Waals surface area (Å²) in [6.07, 6.45) is 0. The minimum atomic E-state index is -0.950. The Morgan fingerprint density at radius 1 is 0.767 bits per heavy atom. The van der Waals surface area contributed by atoms with Gasteiger partial charge in [0.2, 0.25) is 5.95 Å². The largest absolute Gasteiger partial charge is 0.487 e. The number of hydrogen-bond donors (Lipinski definition) is 0. The van der Waals surface area contributed by atoms with E-state index in [2.05, 4.69) is 62.2 Å². The molecule has 0 saturated heterocycles. The van der Waals surface area contributed by atoms with Gasteiger partial charge in [0.25, 0.3) is 0 Å². The summed E-state index contributed by atoms with van der Waals surface area (Å²) < 4.78 is 23.3. The van der Waals surface area contributed by atoms with Gasteiger partial charge in [0.05, 0.1) is 0 Å². The predicted molar refractivity (Wildman–Crippen MR) is 171 cm³/mol. The van der Waals surface area contributed by atoms with Crippen LogP contribution in [0, 0.1) is 12.9 Å². The first-order valence-electron chi connectivity index (χ1n) is 14.3. The Labute approximate surface area is 256 Å². The van der Waals surface area contributed by atoms with Crippen LogP contribution in [0.5, 0.6) is 5.75 Å². The summed E-state index contributed by atoms with van der Waals surface area (Å²) in [4.78, 5) is 4.44. The van der Waals surface area contributed by atoms with Gasteiger partial charge in [-0.15, -0.1) is 0 Å². The number of fused-ring (bicyclic) bond motifs is 1. The Balaban J connectivity index is 1.60. The Hall–Kier alpha value is -4.48. The standard InChI is InChI=1S/C37H33ClFN3O/c1-25-22-33(30(23-31(25)38)36(2,3)4)43-24-32-29-20-21-34(39)40-35(29)42(41-32)37(26-14-8-5-9-15-26,27-16-10-6-11-17-27)28-18-12-7-13-19-28/h5-23H,24H2,1-4H3. The normalized spacial score (nSPS) is 12.0. The highest BCUT2D eigenvalue weighted by molar-refractivity contribution is 6.31. The van der Waals surface area contributed by atoms with E-state index < -0.39 is 11.5 Å². The highest BCUT2D eigenvalue weighted by Crippen LogP contribution is 2.43. The van der Waals surface area contributed by atoms with Crippen molar-refractivity contribution in [2.75, 3.05) is 0 Å². The molecule has 0 amide bonds.